The maximum Gasteiger partial charge on any atom is 0.254 e. The van der Waals surface area contributed by atoms with Gasteiger partial charge >= 0.3 is 0 Å². The number of carbonyl (C=O) groups excluding carboxylic acids is 2. The lowest BCUT2D eigenvalue weighted by atomic mass is 10.0. The highest BCUT2D eigenvalue weighted by Gasteiger charge is 2.14. The number of phenolic OH excluding ortho intramolecular Hbond substituents is 1. The zero-order valence-electron chi connectivity index (χ0n) is 13.3. The van der Waals surface area contributed by atoms with Crippen LogP contribution in [0.4, 0.5) is 4.39 Å². The van der Waals surface area contributed by atoms with E-state index in [-0.39, 0.29) is 22.8 Å². The van der Waals surface area contributed by atoms with E-state index in [0.29, 0.717) is 23.2 Å². The fraction of sp³-hybridized carbons (Fsp3) is 0. The molecule has 1 amide bonds. The third kappa shape index (κ3) is 3.51. The van der Waals surface area contributed by atoms with Crippen LogP contribution in [-0.2, 0) is 0 Å². The first-order valence-electron chi connectivity index (χ1n) is 7.51. The molecule has 0 aliphatic heterocycles. The number of ether oxygens (including phenoxy) is 1. The minimum atomic E-state index is -0.810. The second-order valence-electron chi connectivity index (χ2n) is 5.37. The average Bonchev–Trinajstić information content (AvgIpc) is 2.62. The molecule has 0 aliphatic rings. The van der Waals surface area contributed by atoms with Crippen molar-refractivity contribution >= 4 is 12.2 Å². The van der Waals surface area contributed by atoms with Crippen molar-refractivity contribution < 1.29 is 23.8 Å². The lowest BCUT2D eigenvalue weighted by Crippen LogP contribution is -2.13. The molecule has 26 heavy (non-hydrogen) atoms. The number of hydrogen-bond acceptors (Lipinski definition) is 5. The maximum atomic E-state index is 13.4. The SMILES string of the molecule is NC(=O)c1ccc(F)nc1Oc1cccc(-c2ccc(O)c(C=O)c2)c1. The first-order chi connectivity index (χ1) is 12.5. The molecule has 0 aliphatic carbocycles. The molecule has 3 rings (SSSR count). The number of halogens is 1. The topological polar surface area (TPSA) is 103 Å². The van der Waals surface area contributed by atoms with Crippen LogP contribution < -0.4 is 10.5 Å². The Labute approximate surface area is 147 Å². The highest BCUT2D eigenvalue weighted by atomic mass is 19.1. The van der Waals surface area contributed by atoms with E-state index in [1.165, 1.54) is 18.2 Å². The van der Waals surface area contributed by atoms with Crippen LogP contribution in [0.25, 0.3) is 11.1 Å². The number of aromatic nitrogens is 1. The van der Waals surface area contributed by atoms with Crippen molar-refractivity contribution in [3.63, 3.8) is 0 Å². The van der Waals surface area contributed by atoms with E-state index >= 15 is 0 Å². The fourth-order valence-electron chi connectivity index (χ4n) is 2.36. The van der Waals surface area contributed by atoms with Gasteiger partial charge in [-0.25, -0.2) is 0 Å². The molecule has 6 nitrogen and oxygen atoms in total. The fourth-order valence-corrected chi connectivity index (χ4v) is 2.36. The third-order valence-electron chi connectivity index (χ3n) is 3.63. The number of hydrogen-bond donors (Lipinski definition) is 2. The summed E-state index contributed by atoms with van der Waals surface area (Å²) in [6, 6.07) is 13.4. The molecule has 7 heteroatoms. The third-order valence-corrected chi connectivity index (χ3v) is 3.63. The maximum absolute atomic E-state index is 13.4. The lowest BCUT2D eigenvalue weighted by Gasteiger charge is -2.10. The molecular weight excluding hydrogens is 339 g/mol. The Morgan fingerprint density at radius 1 is 1.12 bits per heavy atom. The molecule has 3 aromatic rings. The van der Waals surface area contributed by atoms with Crippen LogP contribution in [0, 0.1) is 5.95 Å². The van der Waals surface area contributed by atoms with Gasteiger partial charge in [0.05, 0.1) is 5.56 Å². The van der Waals surface area contributed by atoms with Crippen molar-refractivity contribution in [3.8, 4) is 28.5 Å². The summed E-state index contributed by atoms with van der Waals surface area (Å²) in [4.78, 5) is 26.0. The summed E-state index contributed by atoms with van der Waals surface area (Å²) in [6.07, 6.45) is 0.551. The van der Waals surface area contributed by atoms with Crippen molar-refractivity contribution in [2.75, 3.05) is 0 Å². The molecule has 0 unspecified atom stereocenters. The van der Waals surface area contributed by atoms with E-state index in [2.05, 4.69) is 4.98 Å². The number of primary amides is 1. The summed E-state index contributed by atoms with van der Waals surface area (Å²) in [5, 5.41) is 9.60. The van der Waals surface area contributed by atoms with Gasteiger partial charge in [0, 0.05) is 0 Å². The monoisotopic (exact) mass is 352 g/mol. The predicted molar refractivity (Wildman–Crippen MR) is 91.7 cm³/mol. The molecule has 2 aromatic carbocycles. The van der Waals surface area contributed by atoms with Crippen molar-refractivity contribution in [3.05, 3.63) is 71.7 Å². The van der Waals surface area contributed by atoms with Gasteiger partial charge < -0.3 is 15.6 Å². The number of phenols is 1. The molecule has 1 heterocycles. The molecule has 0 spiro atoms. The Balaban J connectivity index is 1.97. The molecule has 3 N–H and O–H groups in total. The van der Waals surface area contributed by atoms with Gasteiger partial charge in [0.15, 0.2) is 6.29 Å². The van der Waals surface area contributed by atoms with Gasteiger partial charge in [-0.2, -0.15) is 9.37 Å². The first kappa shape index (κ1) is 17.1. The summed E-state index contributed by atoms with van der Waals surface area (Å²) >= 11 is 0. The second-order valence-corrected chi connectivity index (χ2v) is 5.37. The van der Waals surface area contributed by atoms with Crippen molar-refractivity contribution in [1.82, 2.24) is 4.98 Å². The van der Waals surface area contributed by atoms with Gasteiger partial charge in [-0.15, -0.1) is 0 Å². The van der Waals surface area contributed by atoms with Crippen molar-refractivity contribution in [2.45, 2.75) is 0 Å². The average molecular weight is 352 g/mol. The number of amides is 1. The normalized spacial score (nSPS) is 10.3. The van der Waals surface area contributed by atoms with Gasteiger partial charge in [-0.3, -0.25) is 9.59 Å². The molecular formula is C19H13FN2O4. The Morgan fingerprint density at radius 2 is 1.88 bits per heavy atom. The van der Waals surface area contributed by atoms with Crippen molar-refractivity contribution in [1.29, 1.82) is 0 Å². The van der Waals surface area contributed by atoms with Gasteiger partial charge in [0.25, 0.3) is 5.91 Å². The zero-order valence-corrected chi connectivity index (χ0v) is 13.3. The van der Waals surface area contributed by atoms with Gasteiger partial charge in [-0.1, -0.05) is 18.2 Å². The number of carbonyl (C=O) groups is 2. The van der Waals surface area contributed by atoms with Crippen LogP contribution >= 0.6 is 0 Å². The number of aromatic hydroxyl groups is 1. The Morgan fingerprint density at radius 3 is 2.62 bits per heavy atom. The minimum absolute atomic E-state index is 0.0512. The molecule has 0 fully saturated rings. The second kappa shape index (κ2) is 7.02. The van der Waals surface area contributed by atoms with Crippen LogP contribution in [0.2, 0.25) is 0 Å². The van der Waals surface area contributed by atoms with E-state index in [4.69, 9.17) is 10.5 Å². The van der Waals surface area contributed by atoms with E-state index in [1.54, 1.807) is 30.3 Å². The van der Waals surface area contributed by atoms with E-state index in [1.807, 2.05) is 0 Å². The molecule has 0 saturated heterocycles. The van der Waals surface area contributed by atoms with E-state index in [9.17, 15) is 19.1 Å². The van der Waals surface area contributed by atoms with Crippen LogP contribution in [0.15, 0.2) is 54.6 Å². The quantitative estimate of drug-likeness (QED) is 0.542. The number of aldehydes is 1. The molecule has 0 radical (unpaired) electrons. The van der Waals surface area contributed by atoms with Crippen molar-refractivity contribution in [2.24, 2.45) is 5.73 Å². The summed E-state index contributed by atoms with van der Waals surface area (Å²) in [5.41, 5.74) is 6.69. The smallest absolute Gasteiger partial charge is 0.254 e. The highest BCUT2D eigenvalue weighted by molar-refractivity contribution is 5.95. The Kier molecular flexibility index (Phi) is 4.62. The summed E-state index contributed by atoms with van der Waals surface area (Å²) in [5.74, 6) is -1.67. The van der Waals surface area contributed by atoms with E-state index in [0.717, 1.165) is 6.07 Å². The van der Waals surface area contributed by atoms with Crippen LogP contribution in [-0.4, -0.2) is 22.3 Å². The number of pyridine rings is 1. The highest BCUT2D eigenvalue weighted by Crippen LogP contribution is 2.30. The van der Waals surface area contributed by atoms with Gasteiger partial charge in [0.2, 0.25) is 11.8 Å². The van der Waals surface area contributed by atoms with Crippen LogP contribution in [0.3, 0.4) is 0 Å². The molecule has 0 saturated carbocycles. The van der Waals surface area contributed by atoms with Gasteiger partial charge in [0.1, 0.15) is 17.1 Å². The number of nitrogens with two attached hydrogens (primary N) is 1. The van der Waals surface area contributed by atoms with Crippen LogP contribution in [0.1, 0.15) is 20.7 Å². The molecule has 0 atom stereocenters. The lowest BCUT2D eigenvalue weighted by molar-refractivity contribution is 0.0996. The summed E-state index contributed by atoms with van der Waals surface area (Å²) in [7, 11) is 0. The first-order valence-corrected chi connectivity index (χ1v) is 7.51. The Bertz CT molecular complexity index is 1000. The predicted octanol–water partition coefficient (Wildman–Crippen LogP) is 3.30. The van der Waals surface area contributed by atoms with Crippen LogP contribution in [0.5, 0.6) is 17.4 Å². The molecule has 130 valence electrons. The van der Waals surface area contributed by atoms with Gasteiger partial charge in [-0.05, 0) is 47.5 Å². The minimum Gasteiger partial charge on any atom is -0.507 e. The standard InChI is InChI=1S/C19H13FN2O4/c20-17-7-5-15(18(21)25)19(22-17)26-14-3-1-2-11(9-14)12-4-6-16(24)13(8-12)10-23/h1-10,24H,(H2,21,25). The number of nitrogens with zero attached hydrogens (tertiary/aromatic N) is 1. The summed E-state index contributed by atoms with van der Waals surface area (Å²) < 4.78 is 18.9. The molecule has 0 bridgehead atoms. The number of benzene rings is 2. The summed E-state index contributed by atoms with van der Waals surface area (Å²) in [6.45, 7) is 0. The zero-order chi connectivity index (χ0) is 18.7. The largest absolute Gasteiger partial charge is 0.507 e. The van der Waals surface area contributed by atoms with E-state index < -0.39 is 11.9 Å². The number of rotatable bonds is 5. The molecule has 1 aromatic heterocycles. The Hall–Kier alpha value is -3.74.